The van der Waals surface area contributed by atoms with Crippen LogP contribution in [0.25, 0.3) is 0 Å². The second kappa shape index (κ2) is 35.2. The van der Waals surface area contributed by atoms with Gasteiger partial charge in [0.15, 0.2) is 5.96 Å². The molecule has 87 heavy (non-hydrogen) atoms. The molecule has 30 heteroatoms. The quantitative estimate of drug-likeness (QED) is 0.0197. The summed E-state index contributed by atoms with van der Waals surface area (Å²) in [5.74, 6) is -10.9. The highest BCUT2D eigenvalue weighted by molar-refractivity contribution is 5.98. The van der Waals surface area contributed by atoms with E-state index in [2.05, 4.69) is 31.6 Å². The number of rotatable bonds is 32. The normalized spacial score (nSPS) is 15.2. The smallest absolute Gasteiger partial charge is 0.490 e. The molecule has 4 rings (SSSR count). The molecule has 1 aliphatic heterocycles. The number of primary amides is 3. The van der Waals surface area contributed by atoms with Gasteiger partial charge in [-0.3, -0.25) is 52.9 Å². The Morgan fingerprint density at radius 2 is 1.13 bits per heavy atom. The van der Waals surface area contributed by atoms with E-state index in [1.807, 2.05) is 13.8 Å². The van der Waals surface area contributed by atoms with E-state index < -0.39 is 126 Å². The third-order valence-corrected chi connectivity index (χ3v) is 13.6. The van der Waals surface area contributed by atoms with Gasteiger partial charge in [0.25, 0.3) is 0 Å². The van der Waals surface area contributed by atoms with Crippen LogP contribution in [0.1, 0.15) is 88.3 Å². The molecule has 27 nitrogen and oxygen atoms in total. The van der Waals surface area contributed by atoms with Crippen molar-refractivity contribution in [2.75, 3.05) is 20.1 Å². The standard InChI is InChI=1S/C55H78N14O11.C2HF3O2/c1-32(2)28-42(67-48(74)37(56)29-35-18-20-36(70)21-19-35)53(79)68(3)44(31-34-14-8-5-9-15-34)52(78)65-40(23-25-46(58)72)54(80)69-27-11-17-43(69)51(77)64-39(22-24-45(57)71)50(76)63-38(16-10-26-62-55(60)61)49(75)66-41(47(59)73)30-33-12-6-4-7-13-33;3-2(4,5)1(6)7/h4-9,12-15,18-21,32,37-44,70H,10-11,16-17,22-31,56H2,1-3H3,(H2,57,71)(H2,58,72)(H2,59,73)(H,63,76)(H,64,77)(H,65,78)(H,66,75)(H,67,74)(H4,60,61,62);(H,6,7). The molecule has 1 saturated heterocycles. The Morgan fingerprint density at radius 1 is 0.644 bits per heavy atom. The van der Waals surface area contributed by atoms with Crippen molar-refractivity contribution >= 4 is 71.0 Å². The van der Waals surface area contributed by atoms with Crippen LogP contribution >= 0.6 is 0 Å². The summed E-state index contributed by atoms with van der Waals surface area (Å²) in [6, 6.07) is 13.3. The maximum Gasteiger partial charge on any atom is 0.490 e. The third kappa shape index (κ3) is 25.4. The third-order valence-electron chi connectivity index (χ3n) is 13.6. The van der Waals surface area contributed by atoms with Crippen LogP contribution in [0.5, 0.6) is 5.75 Å². The first kappa shape index (κ1) is 71.9. The highest BCUT2D eigenvalue weighted by Gasteiger charge is 2.42. The van der Waals surface area contributed by atoms with Gasteiger partial charge < -0.3 is 81.0 Å². The lowest BCUT2D eigenvalue weighted by Gasteiger charge is -2.34. The SMILES string of the molecule is CC(C)CC(NC(=O)C(N)Cc1ccc(O)cc1)C(=O)N(C)C(Cc1ccccc1)C(=O)NC(CCC(N)=O)C(=O)N1CCCC1C(=O)NC(CCC(N)=O)C(=O)NC(CCCN=C(N)N)C(=O)NC(Cc1ccccc1)C(N)=O.O=C(O)C(F)(F)F. The summed E-state index contributed by atoms with van der Waals surface area (Å²) < 4.78 is 31.7. The zero-order chi connectivity index (χ0) is 65.1. The molecule has 1 aliphatic rings. The van der Waals surface area contributed by atoms with Gasteiger partial charge in [0.1, 0.15) is 48.0 Å². The Labute approximate surface area is 500 Å². The topological polar surface area (TPSA) is 463 Å². The molecule has 10 amide bonds. The Bertz CT molecular complexity index is 2860. The van der Waals surface area contributed by atoms with Gasteiger partial charge in [-0.25, -0.2) is 4.79 Å². The Hall–Kier alpha value is -9.35. The van der Waals surface area contributed by atoms with Crippen LogP contribution in [0.2, 0.25) is 0 Å². The zero-order valence-electron chi connectivity index (χ0n) is 48.5. The van der Waals surface area contributed by atoms with Crippen LogP contribution < -0.4 is 61.0 Å². The van der Waals surface area contributed by atoms with Gasteiger partial charge in [-0.1, -0.05) is 86.6 Å². The highest BCUT2D eigenvalue weighted by Crippen LogP contribution is 2.22. The lowest BCUT2D eigenvalue weighted by molar-refractivity contribution is -0.192. The number of carbonyl (C=O) groups is 11. The zero-order valence-corrected chi connectivity index (χ0v) is 48.5. The predicted octanol–water partition coefficient (Wildman–Crippen LogP) is -1.26. The molecule has 0 aromatic heterocycles. The maximum atomic E-state index is 14.7. The van der Waals surface area contributed by atoms with Crippen LogP contribution in [0, 0.1) is 5.92 Å². The molecule has 1 heterocycles. The summed E-state index contributed by atoms with van der Waals surface area (Å²) in [6.45, 7) is 3.75. The molecule has 19 N–H and O–H groups in total. The number of nitrogens with two attached hydrogens (primary N) is 6. The van der Waals surface area contributed by atoms with Gasteiger partial charge in [0, 0.05) is 45.8 Å². The number of hydrogen-bond acceptors (Lipinski definition) is 14. The van der Waals surface area contributed by atoms with Gasteiger partial charge in [0.2, 0.25) is 59.1 Å². The summed E-state index contributed by atoms with van der Waals surface area (Å²) in [6.07, 6.45) is -5.81. The van der Waals surface area contributed by atoms with Crippen LogP contribution in [-0.4, -0.2) is 166 Å². The lowest BCUT2D eigenvalue weighted by atomic mass is 9.98. The number of phenolic OH excluding ortho intramolecular Hbond substituents is 1. The molecule has 3 aromatic carbocycles. The number of likely N-dealkylation sites (tertiary alicyclic amines) is 1. The first-order valence-electron chi connectivity index (χ1n) is 27.8. The number of nitrogens with zero attached hydrogens (tertiary/aromatic N) is 3. The molecular weight excluding hydrogens is 1150 g/mol. The molecule has 0 radical (unpaired) electrons. The van der Waals surface area contributed by atoms with E-state index in [1.54, 1.807) is 72.8 Å². The number of carboxylic acid groups (broad SMARTS) is 1. The van der Waals surface area contributed by atoms with Crippen LogP contribution in [0.15, 0.2) is 89.9 Å². The van der Waals surface area contributed by atoms with Crippen molar-refractivity contribution in [1.82, 2.24) is 36.4 Å². The molecule has 8 unspecified atom stereocenters. The second-order valence-corrected chi connectivity index (χ2v) is 21.1. The van der Waals surface area contributed by atoms with Crippen molar-refractivity contribution in [3.63, 3.8) is 0 Å². The van der Waals surface area contributed by atoms with Crippen LogP contribution in [0.3, 0.4) is 0 Å². The van der Waals surface area contributed by atoms with Crippen LogP contribution in [0.4, 0.5) is 13.2 Å². The van der Waals surface area contributed by atoms with Crippen molar-refractivity contribution in [2.45, 2.75) is 145 Å². The molecule has 0 saturated carbocycles. The fraction of sp³-hybridized carbons (Fsp3) is 0.474. The molecule has 0 aliphatic carbocycles. The monoisotopic (exact) mass is 1220 g/mol. The van der Waals surface area contributed by atoms with Crippen molar-refractivity contribution in [3.8, 4) is 5.75 Å². The number of benzene rings is 3. The fourth-order valence-corrected chi connectivity index (χ4v) is 9.12. The number of carbonyl (C=O) groups excluding carboxylic acids is 10. The van der Waals surface area contributed by atoms with Gasteiger partial charge in [0.05, 0.1) is 6.04 Å². The average Bonchev–Trinajstić information content (AvgIpc) is 3.45. The number of likely N-dealkylation sites (N-methyl/N-ethyl adjacent to an activating group) is 1. The number of halogens is 3. The summed E-state index contributed by atoms with van der Waals surface area (Å²) >= 11 is 0. The lowest BCUT2D eigenvalue weighted by Crippen LogP contribution is -2.60. The first-order valence-corrected chi connectivity index (χ1v) is 27.8. The number of nitrogens with one attached hydrogen (secondary N) is 5. The number of carboxylic acids is 1. The Kier molecular flexibility index (Phi) is 29.1. The van der Waals surface area contributed by atoms with Crippen molar-refractivity contribution < 1.29 is 76.1 Å². The minimum absolute atomic E-state index is 0.00262. The number of alkyl halides is 3. The van der Waals surface area contributed by atoms with Crippen LogP contribution in [-0.2, 0) is 72.0 Å². The minimum Gasteiger partial charge on any atom is -0.508 e. The van der Waals surface area contributed by atoms with Gasteiger partial charge in [-0.05, 0) is 86.1 Å². The van der Waals surface area contributed by atoms with E-state index in [0.717, 1.165) is 0 Å². The number of amides is 10. The molecular formula is C57H79F3N14O13. The van der Waals surface area contributed by atoms with E-state index in [-0.39, 0.29) is 101 Å². The van der Waals surface area contributed by atoms with Gasteiger partial charge in [-0.15, -0.1) is 0 Å². The number of aliphatic imine (C=N–C) groups is 1. The first-order chi connectivity index (χ1) is 40.9. The highest BCUT2D eigenvalue weighted by atomic mass is 19.4. The number of guanidine groups is 1. The Balaban J connectivity index is 0.00000265. The van der Waals surface area contributed by atoms with Gasteiger partial charge >= 0.3 is 12.1 Å². The molecule has 0 bridgehead atoms. The molecule has 0 spiro atoms. The largest absolute Gasteiger partial charge is 0.508 e. The summed E-state index contributed by atoms with van der Waals surface area (Å²) in [5.41, 5.74) is 36.0. The van der Waals surface area contributed by atoms with Crippen molar-refractivity contribution in [2.24, 2.45) is 45.3 Å². The number of aromatic hydroxyl groups is 1. The van der Waals surface area contributed by atoms with E-state index in [1.165, 1.54) is 29.0 Å². The van der Waals surface area contributed by atoms with E-state index >= 15 is 0 Å². The molecule has 8 atom stereocenters. The number of hydrogen-bond donors (Lipinski definition) is 13. The summed E-state index contributed by atoms with van der Waals surface area (Å²) in [4.78, 5) is 152. The number of aliphatic carboxylic acids is 1. The fourth-order valence-electron chi connectivity index (χ4n) is 9.12. The van der Waals surface area contributed by atoms with E-state index in [0.29, 0.717) is 16.7 Å². The second-order valence-electron chi connectivity index (χ2n) is 21.1. The van der Waals surface area contributed by atoms with Crippen molar-refractivity contribution in [3.05, 3.63) is 102 Å². The minimum atomic E-state index is -5.08. The average molecular weight is 1230 g/mol. The van der Waals surface area contributed by atoms with E-state index in [9.17, 15) is 66.2 Å². The molecule has 3 aromatic rings. The van der Waals surface area contributed by atoms with Gasteiger partial charge in [-0.2, -0.15) is 13.2 Å². The maximum absolute atomic E-state index is 14.7. The Morgan fingerprint density at radius 3 is 1.63 bits per heavy atom. The molecule has 476 valence electrons. The number of phenols is 1. The van der Waals surface area contributed by atoms with E-state index in [4.69, 9.17) is 44.3 Å². The van der Waals surface area contributed by atoms with Crippen molar-refractivity contribution in [1.29, 1.82) is 0 Å². The molecule has 1 fully saturated rings. The predicted molar refractivity (Wildman–Crippen MR) is 310 cm³/mol. The summed E-state index contributed by atoms with van der Waals surface area (Å²) in [7, 11) is 1.39. The summed E-state index contributed by atoms with van der Waals surface area (Å²) in [5, 5.41) is 30.1.